The van der Waals surface area contributed by atoms with Gasteiger partial charge in [-0.15, -0.1) is 11.3 Å². The van der Waals surface area contributed by atoms with Crippen LogP contribution in [0.15, 0.2) is 41.8 Å². The lowest BCUT2D eigenvalue weighted by Gasteiger charge is -2.28. The van der Waals surface area contributed by atoms with Crippen LogP contribution in [-0.2, 0) is 12.0 Å². The molecule has 0 radical (unpaired) electrons. The molecule has 1 aromatic heterocycles. The maximum Gasteiger partial charge on any atom is 0.317 e. The van der Waals surface area contributed by atoms with Gasteiger partial charge in [0.1, 0.15) is 5.82 Å². The van der Waals surface area contributed by atoms with E-state index in [4.69, 9.17) is 0 Å². The van der Waals surface area contributed by atoms with E-state index < -0.39 is 5.41 Å². The highest BCUT2D eigenvalue weighted by molar-refractivity contribution is 7.09. The molecule has 0 fully saturated rings. The molecule has 1 aromatic carbocycles. The second-order valence-corrected chi connectivity index (χ2v) is 7.15. The van der Waals surface area contributed by atoms with Gasteiger partial charge in [0, 0.05) is 23.4 Å². The van der Waals surface area contributed by atoms with E-state index in [1.165, 1.54) is 6.07 Å². The lowest BCUT2D eigenvalue weighted by molar-refractivity contribution is 0.196. The van der Waals surface area contributed by atoms with E-state index in [0.29, 0.717) is 25.2 Å². The molecule has 3 nitrogen and oxygen atoms in total. The van der Waals surface area contributed by atoms with Crippen LogP contribution >= 0.6 is 11.3 Å². The summed E-state index contributed by atoms with van der Waals surface area (Å²) in [5.41, 5.74) is 0.144. The first kappa shape index (κ1) is 17.5. The quantitative estimate of drug-likeness (QED) is 0.834. The van der Waals surface area contributed by atoms with Crippen molar-refractivity contribution in [3.05, 3.63) is 58.0 Å². The highest BCUT2D eigenvalue weighted by atomic mass is 32.1. The molecule has 23 heavy (non-hydrogen) atoms. The van der Waals surface area contributed by atoms with E-state index in [0.717, 1.165) is 4.88 Å². The average Bonchev–Trinajstić information content (AvgIpc) is 3.03. The van der Waals surface area contributed by atoms with Crippen molar-refractivity contribution >= 4 is 17.4 Å². The third kappa shape index (κ3) is 4.55. The van der Waals surface area contributed by atoms with Gasteiger partial charge in [-0.3, -0.25) is 0 Å². The molecule has 5 heteroatoms. The van der Waals surface area contributed by atoms with Crippen molar-refractivity contribution in [2.24, 2.45) is 0 Å². The standard InChI is InChI=1S/C18H23FN2OS/c1-4-21(12-14-8-7-11-23-14)17(22)20-13-18(2,3)15-9-5-6-10-16(15)19/h5-11H,4,12-13H2,1-3H3,(H,20,22). The molecule has 0 spiro atoms. The van der Waals surface area contributed by atoms with Crippen LogP contribution < -0.4 is 5.32 Å². The summed E-state index contributed by atoms with van der Waals surface area (Å²) >= 11 is 1.64. The van der Waals surface area contributed by atoms with Gasteiger partial charge in [-0.1, -0.05) is 38.1 Å². The minimum atomic E-state index is -0.469. The molecule has 0 aliphatic carbocycles. The van der Waals surface area contributed by atoms with Gasteiger partial charge in [-0.05, 0) is 30.0 Å². The minimum Gasteiger partial charge on any atom is -0.337 e. The molecule has 2 aromatic rings. The van der Waals surface area contributed by atoms with Crippen LogP contribution in [0.4, 0.5) is 9.18 Å². The molecular weight excluding hydrogens is 311 g/mol. The number of carbonyl (C=O) groups is 1. The van der Waals surface area contributed by atoms with Gasteiger partial charge in [0.05, 0.1) is 6.54 Å². The zero-order valence-electron chi connectivity index (χ0n) is 13.8. The molecule has 0 atom stereocenters. The molecule has 1 N–H and O–H groups in total. The van der Waals surface area contributed by atoms with Crippen LogP contribution in [0, 0.1) is 5.82 Å². The minimum absolute atomic E-state index is 0.120. The molecular formula is C18H23FN2OS. The Kier molecular flexibility index (Phi) is 5.77. The molecule has 0 aliphatic rings. The summed E-state index contributed by atoms with van der Waals surface area (Å²) in [6, 6.07) is 10.6. The summed E-state index contributed by atoms with van der Waals surface area (Å²) in [4.78, 5) is 15.3. The number of halogens is 1. The topological polar surface area (TPSA) is 32.3 Å². The Morgan fingerprint density at radius 3 is 2.61 bits per heavy atom. The van der Waals surface area contributed by atoms with Crippen molar-refractivity contribution < 1.29 is 9.18 Å². The third-order valence-corrected chi connectivity index (χ3v) is 4.74. The number of benzene rings is 1. The maximum absolute atomic E-state index is 14.0. The normalized spacial score (nSPS) is 11.3. The van der Waals surface area contributed by atoms with E-state index in [9.17, 15) is 9.18 Å². The molecule has 0 saturated heterocycles. The van der Waals surface area contributed by atoms with Gasteiger partial charge in [0.2, 0.25) is 0 Å². The van der Waals surface area contributed by atoms with Crippen LogP contribution in [0.3, 0.4) is 0 Å². The molecule has 2 rings (SSSR count). The lowest BCUT2D eigenvalue weighted by atomic mass is 9.84. The number of thiophene rings is 1. The van der Waals surface area contributed by atoms with E-state index >= 15 is 0 Å². The molecule has 0 bridgehead atoms. The zero-order chi connectivity index (χ0) is 16.9. The molecule has 2 amide bonds. The lowest BCUT2D eigenvalue weighted by Crippen LogP contribution is -2.44. The van der Waals surface area contributed by atoms with Crippen molar-refractivity contribution in [1.82, 2.24) is 10.2 Å². The summed E-state index contributed by atoms with van der Waals surface area (Å²) in [7, 11) is 0. The smallest absolute Gasteiger partial charge is 0.317 e. The molecule has 0 unspecified atom stereocenters. The second-order valence-electron chi connectivity index (χ2n) is 6.12. The summed E-state index contributed by atoms with van der Waals surface area (Å²) in [5.74, 6) is -0.238. The fourth-order valence-electron chi connectivity index (χ4n) is 2.43. The number of hydrogen-bond acceptors (Lipinski definition) is 2. The van der Waals surface area contributed by atoms with Crippen molar-refractivity contribution in [3.8, 4) is 0 Å². The fourth-order valence-corrected chi connectivity index (χ4v) is 3.15. The predicted octanol–water partition coefficient (Wildman–Crippen LogP) is 4.40. The number of carbonyl (C=O) groups excluding carboxylic acids is 1. The first-order valence-corrected chi connectivity index (χ1v) is 8.62. The van der Waals surface area contributed by atoms with Crippen LogP contribution in [0.2, 0.25) is 0 Å². The van der Waals surface area contributed by atoms with Crippen molar-refractivity contribution in [2.75, 3.05) is 13.1 Å². The molecule has 1 heterocycles. The monoisotopic (exact) mass is 334 g/mol. The van der Waals surface area contributed by atoms with E-state index in [1.54, 1.807) is 28.4 Å². The number of nitrogens with one attached hydrogen (secondary N) is 1. The fraction of sp³-hybridized carbons (Fsp3) is 0.389. The number of urea groups is 1. The molecule has 0 aliphatic heterocycles. The Balaban J connectivity index is 1.98. The predicted molar refractivity (Wildman–Crippen MR) is 93.2 cm³/mol. The highest BCUT2D eigenvalue weighted by Gasteiger charge is 2.25. The summed E-state index contributed by atoms with van der Waals surface area (Å²) in [6.45, 7) is 7.43. The van der Waals surface area contributed by atoms with Gasteiger partial charge < -0.3 is 10.2 Å². The first-order chi connectivity index (χ1) is 10.9. The van der Waals surface area contributed by atoms with Crippen LogP contribution in [0.25, 0.3) is 0 Å². The zero-order valence-corrected chi connectivity index (χ0v) is 14.6. The summed E-state index contributed by atoms with van der Waals surface area (Å²) < 4.78 is 14.0. The van der Waals surface area contributed by atoms with Gasteiger partial charge >= 0.3 is 6.03 Å². The van der Waals surface area contributed by atoms with Crippen molar-refractivity contribution in [3.63, 3.8) is 0 Å². The molecule has 124 valence electrons. The number of amides is 2. The number of rotatable bonds is 6. The maximum atomic E-state index is 14.0. The van der Waals surface area contributed by atoms with Gasteiger partial charge in [-0.25, -0.2) is 9.18 Å². The van der Waals surface area contributed by atoms with Gasteiger partial charge in [-0.2, -0.15) is 0 Å². The van der Waals surface area contributed by atoms with Crippen LogP contribution in [-0.4, -0.2) is 24.0 Å². The average molecular weight is 334 g/mol. The van der Waals surface area contributed by atoms with Gasteiger partial charge in [0.15, 0.2) is 0 Å². The van der Waals surface area contributed by atoms with Gasteiger partial charge in [0.25, 0.3) is 0 Å². The first-order valence-electron chi connectivity index (χ1n) is 7.74. The van der Waals surface area contributed by atoms with E-state index in [1.807, 2.05) is 44.4 Å². The third-order valence-electron chi connectivity index (χ3n) is 3.88. The van der Waals surface area contributed by atoms with Crippen LogP contribution in [0.5, 0.6) is 0 Å². The summed E-state index contributed by atoms with van der Waals surface area (Å²) in [6.07, 6.45) is 0. The van der Waals surface area contributed by atoms with Crippen molar-refractivity contribution in [2.45, 2.75) is 32.7 Å². The highest BCUT2D eigenvalue weighted by Crippen LogP contribution is 2.25. The SMILES string of the molecule is CCN(Cc1cccs1)C(=O)NCC(C)(C)c1ccccc1F. The van der Waals surface area contributed by atoms with Crippen LogP contribution in [0.1, 0.15) is 31.2 Å². The Hall–Kier alpha value is -1.88. The largest absolute Gasteiger partial charge is 0.337 e. The second kappa shape index (κ2) is 7.59. The van der Waals surface area contributed by atoms with Crippen molar-refractivity contribution in [1.29, 1.82) is 0 Å². The Labute approximate surface area is 141 Å². The Morgan fingerprint density at radius 2 is 2.00 bits per heavy atom. The Morgan fingerprint density at radius 1 is 1.26 bits per heavy atom. The summed E-state index contributed by atoms with van der Waals surface area (Å²) in [5, 5.41) is 4.94. The number of hydrogen-bond donors (Lipinski definition) is 1. The van der Waals surface area contributed by atoms with E-state index in [-0.39, 0.29) is 11.8 Å². The molecule has 0 saturated carbocycles. The van der Waals surface area contributed by atoms with E-state index in [2.05, 4.69) is 5.32 Å². The number of nitrogens with zero attached hydrogens (tertiary/aromatic N) is 1. The Bertz CT molecular complexity index is 640.